The molecule has 62 valence electrons. The topological polar surface area (TPSA) is 78.2 Å². The number of rotatable bonds is 2. The molecule has 0 heterocycles. The Bertz CT molecular complexity index is 331. The summed E-state index contributed by atoms with van der Waals surface area (Å²) in [5.74, 6) is 0.314. The first-order valence-corrected chi connectivity index (χ1v) is 3.20. The van der Waals surface area contributed by atoms with E-state index in [0.717, 1.165) is 0 Å². The highest BCUT2D eigenvalue weighted by Crippen LogP contribution is 2.29. The quantitative estimate of drug-likeness (QED) is 0.414. The summed E-state index contributed by atoms with van der Waals surface area (Å²) < 4.78 is 4.79. The van der Waals surface area contributed by atoms with Gasteiger partial charge in [-0.2, -0.15) is 0 Å². The molecule has 0 spiro atoms. The molecule has 0 bridgehead atoms. The van der Waals surface area contributed by atoms with Crippen LogP contribution in [0.2, 0.25) is 0 Å². The summed E-state index contributed by atoms with van der Waals surface area (Å²) in [5.41, 5.74) is 8.44. The normalized spacial score (nSPS) is 8.75. The van der Waals surface area contributed by atoms with Crippen molar-refractivity contribution in [2.75, 3.05) is 7.11 Å². The fourth-order valence-corrected chi connectivity index (χ4v) is 0.792. The van der Waals surface area contributed by atoms with Crippen molar-refractivity contribution < 1.29 is 9.84 Å². The second-order valence-electron chi connectivity index (χ2n) is 2.05. The SMILES string of the molecule is COc1ccc(N=[N+]=[N-])cc1O. The van der Waals surface area contributed by atoms with Gasteiger partial charge in [0.1, 0.15) is 0 Å². The lowest BCUT2D eigenvalue weighted by Crippen LogP contribution is -1.81. The van der Waals surface area contributed by atoms with Crippen LogP contribution in [-0.4, -0.2) is 12.2 Å². The first kappa shape index (κ1) is 8.23. The average molecular weight is 165 g/mol. The third kappa shape index (κ3) is 1.59. The molecular formula is C7H7N3O2. The molecule has 0 unspecified atom stereocenters. The van der Waals surface area contributed by atoms with Gasteiger partial charge in [0.25, 0.3) is 0 Å². The number of methoxy groups -OCH3 is 1. The van der Waals surface area contributed by atoms with Gasteiger partial charge < -0.3 is 9.84 Å². The first-order valence-electron chi connectivity index (χ1n) is 3.20. The number of aromatic hydroxyl groups is 1. The van der Waals surface area contributed by atoms with Crippen molar-refractivity contribution in [3.05, 3.63) is 28.6 Å². The Labute approximate surface area is 68.8 Å². The molecule has 0 aliphatic rings. The molecule has 5 heteroatoms. The molecule has 1 aromatic carbocycles. The van der Waals surface area contributed by atoms with Crippen LogP contribution in [0.4, 0.5) is 5.69 Å². The van der Waals surface area contributed by atoms with Crippen molar-refractivity contribution in [2.24, 2.45) is 5.11 Å². The Morgan fingerprint density at radius 3 is 2.83 bits per heavy atom. The van der Waals surface area contributed by atoms with Crippen molar-refractivity contribution in [3.63, 3.8) is 0 Å². The predicted octanol–water partition coefficient (Wildman–Crippen LogP) is 2.34. The van der Waals surface area contributed by atoms with Crippen molar-refractivity contribution >= 4 is 5.69 Å². The van der Waals surface area contributed by atoms with E-state index in [-0.39, 0.29) is 5.75 Å². The van der Waals surface area contributed by atoms with Crippen LogP contribution in [0.5, 0.6) is 11.5 Å². The van der Waals surface area contributed by atoms with Gasteiger partial charge in [-0.15, -0.1) is 0 Å². The smallest absolute Gasteiger partial charge is 0.160 e. The molecule has 0 amide bonds. The zero-order valence-corrected chi connectivity index (χ0v) is 6.43. The lowest BCUT2D eigenvalue weighted by molar-refractivity contribution is 0.373. The van der Waals surface area contributed by atoms with Gasteiger partial charge in [-0.25, -0.2) is 0 Å². The van der Waals surface area contributed by atoms with Crippen LogP contribution in [0.3, 0.4) is 0 Å². The third-order valence-corrected chi connectivity index (χ3v) is 1.32. The Hall–Kier alpha value is -1.87. The number of hydrogen-bond donors (Lipinski definition) is 1. The van der Waals surface area contributed by atoms with E-state index >= 15 is 0 Å². The highest BCUT2D eigenvalue weighted by Gasteiger charge is 1.99. The predicted molar refractivity (Wildman–Crippen MR) is 43.5 cm³/mol. The van der Waals surface area contributed by atoms with Gasteiger partial charge in [0.05, 0.1) is 7.11 Å². The molecule has 5 nitrogen and oxygen atoms in total. The van der Waals surface area contributed by atoms with Gasteiger partial charge in [-0.3, -0.25) is 0 Å². The van der Waals surface area contributed by atoms with Crippen LogP contribution in [0.25, 0.3) is 10.4 Å². The maximum Gasteiger partial charge on any atom is 0.160 e. The first-order chi connectivity index (χ1) is 5.77. The van der Waals surface area contributed by atoms with E-state index in [2.05, 4.69) is 10.0 Å². The largest absolute Gasteiger partial charge is 0.504 e. The lowest BCUT2D eigenvalue weighted by atomic mass is 10.3. The van der Waals surface area contributed by atoms with Gasteiger partial charge in [-0.1, -0.05) is 5.11 Å². The molecule has 0 aliphatic heterocycles. The van der Waals surface area contributed by atoms with Gasteiger partial charge in [0.2, 0.25) is 0 Å². The van der Waals surface area contributed by atoms with E-state index in [4.69, 9.17) is 10.3 Å². The number of phenols is 1. The fourth-order valence-electron chi connectivity index (χ4n) is 0.792. The van der Waals surface area contributed by atoms with E-state index < -0.39 is 0 Å². The van der Waals surface area contributed by atoms with E-state index in [1.807, 2.05) is 0 Å². The van der Waals surface area contributed by atoms with Gasteiger partial charge in [-0.05, 0) is 23.7 Å². The number of phenolic OH excluding ortho intramolecular Hbond substituents is 1. The molecule has 0 atom stereocenters. The van der Waals surface area contributed by atoms with Gasteiger partial charge >= 0.3 is 0 Å². The Kier molecular flexibility index (Phi) is 2.40. The van der Waals surface area contributed by atoms with Crippen LogP contribution in [-0.2, 0) is 0 Å². The number of azide groups is 1. The highest BCUT2D eigenvalue weighted by atomic mass is 16.5. The van der Waals surface area contributed by atoms with Crippen molar-refractivity contribution in [1.82, 2.24) is 0 Å². The summed E-state index contributed by atoms with van der Waals surface area (Å²) in [5, 5.41) is 12.5. The summed E-state index contributed by atoms with van der Waals surface area (Å²) in [6, 6.07) is 4.41. The molecule has 1 N–H and O–H groups in total. The molecule has 0 aliphatic carbocycles. The van der Waals surface area contributed by atoms with E-state index in [0.29, 0.717) is 11.4 Å². The molecule has 1 rings (SSSR count). The molecule has 12 heavy (non-hydrogen) atoms. The zero-order valence-electron chi connectivity index (χ0n) is 6.43. The van der Waals surface area contributed by atoms with E-state index in [1.54, 1.807) is 6.07 Å². The summed E-state index contributed by atoms with van der Waals surface area (Å²) in [7, 11) is 1.45. The minimum absolute atomic E-state index is 0.0394. The minimum atomic E-state index is -0.0394. The summed E-state index contributed by atoms with van der Waals surface area (Å²) in [6.45, 7) is 0. The second-order valence-corrected chi connectivity index (χ2v) is 2.05. The molecule has 0 radical (unpaired) electrons. The maximum absolute atomic E-state index is 9.21. The van der Waals surface area contributed by atoms with Crippen LogP contribution in [0.15, 0.2) is 23.3 Å². The minimum Gasteiger partial charge on any atom is -0.504 e. The zero-order chi connectivity index (χ0) is 8.97. The van der Waals surface area contributed by atoms with E-state index in [9.17, 15) is 5.11 Å². The molecule has 0 saturated heterocycles. The molecule has 0 fully saturated rings. The Morgan fingerprint density at radius 2 is 2.33 bits per heavy atom. The molecule has 1 aromatic rings. The van der Waals surface area contributed by atoms with Crippen LogP contribution in [0, 0.1) is 0 Å². The third-order valence-electron chi connectivity index (χ3n) is 1.32. The van der Waals surface area contributed by atoms with Crippen LogP contribution < -0.4 is 4.74 Å². The summed E-state index contributed by atoms with van der Waals surface area (Å²) in [4.78, 5) is 2.58. The number of benzene rings is 1. The number of nitrogens with zero attached hydrogens (tertiary/aromatic N) is 3. The maximum atomic E-state index is 9.21. The summed E-state index contributed by atoms with van der Waals surface area (Å²) in [6.07, 6.45) is 0. The monoisotopic (exact) mass is 165 g/mol. The number of ether oxygens (including phenoxy) is 1. The second kappa shape index (κ2) is 3.50. The van der Waals surface area contributed by atoms with E-state index in [1.165, 1.54) is 19.2 Å². The average Bonchev–Trinajstić information content (AvgIpc) is 2.05. The number of hydrogen-bond acceptors (Lipinski definition) is 3. The van der Waals surface area contributed by atoms with Crippen molar-refractivity contribution in [1.29, 1.82) is 0 Å². The van der Waals surface area contributed by atoms with Crippen LogP contribution in [0.1, 0.15) is 0 Å². The van der Waals surface area contributed by atoms with Gasteiger partial charge in [0.15, 0.2) is 11.5 Å². The standard InChI is InChI=1S/C7H7N3O2/c1-12-7-3-2-5(9-10-8)4-6(7)11/h2-4,11H,1H3. The molecule has 0 saturated carbocycles. The highest BCUT2D eigenvalue weighted by molar-refractivity contribution is 5.50. The van der Waals surface area contributed by atoms with Crippen molar-refractivity contribution in [3.8, 4) is 11.5 Å². The van der Waals surface area contributed by atoms with Crippen molar-refractivity contribution in [2.45, 2.75) is 0 Å². The Balaban J connectivity index is 3.09. The molecule has 0 aromatic heterocycles. The fraction of sp³-hybridized carbons (Fsp3) is 0.143. The Morgan fingerprint density at radius 1 is 1.58 bits per heavy atom. The van der Waals surface area contributed by atoms with Gasteiger partial charge in [0, 0.05) is 10.6 Å². The lowest BCUT2D eigenvalue weighted by Gasteiger charge is -2.01. The summed E-state index contributed by atoms with van der Waals surface area (Å²) >= 11 is 0. The molecular weight excluding hydrogens is 158 g/mol. The van der Waals surface area contributed by atoms with Crippen LogP contribution >= 0.6 is 0 Å².